The van der Waals surface area contributed by atoms with Gasteiger partial charge >= 0.3 is 0 Å². The van der Waals surface area contributed by atoms with Crippen LogP contribution in [0, 0.1) is 0 Å². The van der Waals surface area contributed by atoms with Crippen molar-refractivity contribution in [2.24, 2.45) is 7.05 Å². The van der Waals surface area contributed by atoms with E-state index in [-0.39, 0.29) is 0 Å². The molecule has 6 nitrogen and oxygen atoms in total. The molecule has 1 N–H and O–H groups in total. The lowest BCUT2D eigenvalue weighted by Gasteiger charge is -2.13. The fourth-order valence-electron chi connectivity index (χ4n) is 3.83. The van der Waals surface area contributed by atoms with E-state index in [1.807, 2.05) is 35.9 Å². The van der Waals surface area contributed by atoms with Crippen LogP contribution < -0.4 is 15.2 Å². The van der Waals surface area contributed by atoms with Gasteiger partial charge in [-0.1, -0.05) is 18.2 Å². The summed E-state index contributed by atoms with van der Waals surface area (Å²) < 4.78 is 2.05. The molecular weight excluding hydrogens is 350 g/mol. The van der Waals surface area contributed by atoms with E-state index in [0.29, 0.717) is 5.88 Å². The van der Waals surface area contributed by atoms with Crippen molar-refractivity contribution in [2.75, 3.05) is 24.0 Å². The molecule has 1 aliphatic heterocycles. The summed E-state index contributed by atoms with van der Waals surface area (Å²) in [6.45, 7) is 1.07. The number of fused-ring (bicyclic) bond motifs is 2. The van der Waals surface area contributed by atoms with Crippen molar-refractivity contribution in [3.63, 3.8) is 0 Å². The molecule has 1 aliphatic rings. The molecule has 0 unspecified atom stereocenters. The van der Waals surface area contributed by atoms with E-state index in [9.17, 15) is 0 Å². The molecule has 140 valence electrons. The number of likely N-dealkylation sites (N-methyl/N-ethyl adjacent to an activating group) is 1. The topological polar surface area (TPSA) is 55.2 Å². The van der Waals surface area contributed by atoms with Gasteiger partial charge in [-0.25, -0.2) is 15.4 Å². The number of benzene rings is 1. The zero-order valence-corrected chi connectivity index (χ0v) is 15.9. The Morgan fingerprint density at radius 2 is 1.96 bits per heavy atom. The zero-order valence-electron chi connectivity index (χ0n) is 15.9. The molecule has 5 rings (SSSR count). The first kappa shape index (κ1) is 16.6. The van der Waals surface area contributed by atoms with Gasteiger partial charge in [-0.3, -0.25) is 0 Å². The minimum atomic E-state index is 0.518. The lowest BCUT2D eigenvalue weighted by molar-refractivity contribution is 0.389. The van der Waals surface area contributed by atoms with Crippen molar-refractivity contribution < 1.29 is 4.84 Å². The van der Waals surface area contributed by atoms with E-state index < -0.39 is 0 Å². The molecule has 0 amide bonds. The van der Waals surface area contributed by atoms with Gasteiger partial charge in [0.2, 0.25) is 5.88 Å². The summed E-state index contributed by atoms with van der Waals surface area (Å²) in [5.41, 5.74) is 9.83. The highest BCUT2D eigenvalue weighted by Crippen LogP contribution is 2.38. The fraction of sp³-hybridized carbons (Fsp3) is 0.182. The first-order valence-corrected chi connectivity index (χ1v) is 9.33. The number of rotatable bonds is 4. The third-order valence-corrected chi connectivity index (χ3v) is 5.28. The summed E-state index contributed by atoms with van der Waals surface area (Å²) >= 11 is 0. The molecule has 0 bridgehead atoms. The lowest BCUT2D eigenvalue weighted by atomic mass is 10.0. The Morgan fingerprint density at radius 1 is 1.04 bits per heavy atom. The minimum absolute atomic E-state index is 0.518. The normalized spacial score (nSPS) is 13.0. The predicted octanol–water partition coefficient (Wildman–Crippen LogP) is 4.03. The van der Waals surface area contributed by atoms with Crippen LogP contribution in [0.4, 0.5) is 11.4 Å². The average molecular weight is 371 g/mol. The predicted molar refractivity (Wildman–Crippen MR) is 112 cm³/mol. The summed E-state index contributed by atoms with van der Waals surface area (Å²) in [6.07, 6.45) is 6.72. The van der Waals surface area contributed by atoms with E-state index in [4.69, 9.17) is 4.84 Å². The number of nitrogens with zero attached hydrogens (tertiary/aromatic N) is 4. The van der Waals surface area contributed by atoms with Crippen molar-refractivity contribution in [3.05, 3.63) is 66.6 Å². The number of nitrogens with one attached hydrogen (secondary N) is 1. The molecular formula is C22H21N5O. The maximum absolute atomic E-state index is 5.68. The molecule has 6 heteroatoms. The van der Waals surface area contributed by atoms with Gasteiger partial charge in [0.15, 0.2) is 0 Å². The van der Waals surface area contributed by atoms with Crippen LogP contribution in [-0.4, -0.2) is 28.1 Å². The van der Waals surface area contributed by atoms with Crippen LogP contribution in [0.3, 0.4) is 0 Å². The Morgan fingerprint density at radius 3 is 2.82 bits per heavy atom. The van der Waals surface area contributed by atoms with E-state index in [1.165, 1.54) is 16.8 Å². The third-order valence-electron chi connectivity index (χ3n) is 5.28. The number of aryl methyl sites for hydroxylation is 1. The van der Waals surface area contributed by atoms with Crippen molar-refractivity contribution in [1.29, 1.82) is 0 Å². The van der Waals surface area contributed by atoms with E-state index in [2.05, 4.69) is 51.8 Å². The van der Waals surface area contributed by atoms with Gasteiger partial charge in [0.05, 0.1) is 11.1 Å². The Bertz CT molecular complexity index is 1150. The van der Waals surface area contributed by atoms with Crippen molar-refractivity contribution in [2.45, 2.75) is 6.42 Å². The molecule has 3 aromatic heterocycles. The number of pyridine rings is 2. The molecule has 0 saturated heterocycles. The second kappa shape index (κ2) is 6.56. The summed E-state index contributed by atoms with van der Waals surface area (Å²) in [7, 11) is 4.16. The van der Waals surface area contributed by atoms with Gasteiger partial charge < -0.3 is 14.3 Å². The van der Waals surface area contributed by atoms with Crippen LogP contribution in [0.1, 0.15) is 5.56 Å². The van der Waals surface area contributed by atoms with Gasteiger partial charge in [-0.05, 0) is 35.7 Å². The Kier molecular flexibility index (Phi) is 3.90. The Balaban J connectivity index is 1.59. The van der Waals surface area contributed by atoms with Crippen LogP contribution in [0.2, 0.25) is 0 Å². The van der Waals surface area contributed by atoms with E-state index in [0.717, 1.165) is 35.2 Å². The largest absolute Gasteiger partial charge is 0.374 e. The maximum Gasteiger partial charge on any atom is 0.245 e. The molecule has 0 atom stereocenters. The number of hydrogen-bond donors (Lipinski definition) is 1. The summed E-state index contributed by atoms with van der Waals surface area (Å²) in [5, 5.41) is 1.03. The van der Waals surface area contributed by atoms with Crippen LogP contribution >= 0.6 is 0 Å². The second-order valence-corrected chi connectivity index (χ2v) is 7.10. The van der Waals surface area contributed by atoms with Crippen LogP contribution in [0.5, 0.6) is 5.88 Å². The van der Waals surface area contributed by atoms with Gasteiger partial charge in [0.25, 0.3) is 0 Å². The van der Waals surface area contributed by atoms with Gasteiger partial charge in [0, 0.05) is 56.5 Å². The van der Waals surface area contributed by atoms with E-state index >= 15 is 0 Å². The highest BCUT2D eigenvalue weighted by Gasteiger charge is 2.19. The standard InChI is InChI=1S/C22H21N5O/c1-26-12-9-15-6-7-16(13-19(15)26)17-14-27(2)22-21(17)18(8-11-24-22)25-28-20-5-3-4-10-23-20/h3-8,10-11,13-14H,9,12H2,1-2H3,(H,24,25). The van der Waals surface area contributed by atoms with Gasteiger partial charge in [-0.2, -0.15) is 0 Å². The first-order valence-electron chi connectivity index (χ1n) is 9.33. The molecule has 4 aromatic rings. The molecule has 0 spiro atoms. The van der Waals surface area contributed by atoms with Crippen molar-refractivity contribution in [1.82, 2.24) is 14.5 Å². The average Bonchev–Trinajstić information content (AvgIpc) is 3.27. The minimum Gasteiger partial charge on any atom is -0.374 e. The zero-order chi connectivity index (χ0) is 19.1. The highest BCUT2D eigenvalue weighted by molar-refractivity contribution is 6.02. The Hall–Kier alpha value is -3.54. The SMILES string of the molecule is CN1CCc2ccc(-c3cn(C)c4nccc(NOc5ccccn5)c34)cc21. The molecule has 0 aliphatic carbocycles. The quantitative estimate of drug-likeness (QED) is 0.549. The molecule has 1 aromatic carbocycles. The number of anilines is 2. The van der Waals surface area contributed by atoms with Crippen molar-refractivity contribution >= 4 is 22.4 Å². The highest BCUT2D eigenvalue weighted by atomic mass is 16.7. The van der Waals surface area contributed by atoms with E-state index in [1.54, 1.807) is 12.4 Å². The smallest absolute Gasteiger partial charge is 0.245 e. The molecule has 28 heavy (non-hydrogen) atoms. The molecule has 4 heterocycles. The maximum atomic E-state index is 5.68. The van der Waals surface area contributed by atoms with Gasteiger partial charge in [0.1, 0.15) is 5.65 Å². The summed E-state index contributed by atoms with van der Waals surface area (Å²) in [5.74, 6) is 0.518. The fourth-order valence-corrected chi connectivity index (χ4v) is 3.83. The van der Waals surface area contributed by atoms with Crippen LogP contribution in [0.15, 0.2) is 61.1 Å². The lowest BCUT2D eigenvalue weighted by Crippen LogP contribution is -2.12. The van der Waals surface area contributed by atoms with Crippen molar-refractivity contribution in [3.8, 4) is 17.0 Å². The summed E-state index contributed by atoms with van der Waals surface area (Å²) in [6, 6.07) is 14.2. The second-order valence-electron chi connectivity index (χ2n) is 7.10. The molecule has 0 radical (unpaired) electrons. The van der Waals surface area contributed by atoms with Crippen LogP contribution in [0.25, 0.3) is 22.2 Å². The van der Waals surface area contributed by atoms with Crippen LogP contribution in [-0.2, 0) is 13.5 Å². The Labute approximate surface area is 163 Å². The van der Waals surface area contributed by atoms with Gasteiger partial charge in [-0.15, -0.1) is 0 Å². The number of aromatic nitrogens is 3. The monoisotopic (exact) mass is 371 g/mol. The molecule has 0 saturated carbocycles. The number of hydrogen-bond acceptors (Lipinski definition) is 5. The third kappa shape index (κ3) is 2.74. The molecule has 0 fully saturated rings. The summed E-state index contributed by atoms with van der Waals surface area (Å²) in [4.78, 5) is 16.8. The first-order chi connectivity index (χ1) is 13.7.